The van der Waals surface area contributed by atoms with Gasteiger partial charge < -0.3 is 15.2 Å². The van der Waals surface area contributed by atoms with Crippen LogP contribution in [0.5, 0.6) is 0 Å². The highest BCUT2D eigenvalue weighted by atomic mass is 35.5. The average Bonchev–Trinajstić information content (AvgIpc) is 2.84. The molecule has 0 spiro atoms. The monoisotopic (exact) mass is 434 g/mol. The number of nitrogens with zero attached hydrogens (tertiary/aromatic N) is 3. The Balaban J connectivity index is 2.09. The van der Waals surface area contributed by atoms with Gasteiger partial charge in [0, 0.05) is 30.5 Å². The van der Waals surface area contributed by atoms with E-state index in [-0.39, 0.29) is 17.9 Å². The number of rotatable bonds is 5. The van der Waals surface area contributed by atoms with Crippen molar-refractivity contribution in [2.75, 3.05) is 13.6 Å². The van der Waals surface area contributed by atoms with Crippen LogP contribution in [0.25, 0.3) is 11.4 Å². The van der Waals surface area contributed by atoms with Crippen LogP contribution in [-0.2, 0) is 17.9 Å². The highest BCUT2D eigenvalue weighted by molar-refractivity contribution is 6.30. The van der Waals surface area contributed by atoms with Crippen molar-refractivity contribution in [1.82, 2.24) is 14.5 Å². The lowest BCUT2D eigenvalue weighted by atomic mass is 9.77. The molecule has 2 heterocycles. The van der Waals surface area contributed by atoms with Gasteiger partial charge in [0.25, 0.3) is 0 Å². The fourth-order valence-electron chi connectivity index (χ4n) is 3.94. The number of primary amides is 1. The number of nitrogens with two attached hydrogens (primary N) is 1. The molecule has 6 nitrogen and oxygen atoms in total. The maximum atomic E-state index is 14.7. The van der Waals surface area contributed by atoms with Crippen LogP contribution in [0.3, 0.4) is 0 Å². The SMILES string of the molecule is CN1CCCn2c(-c3ccc(Cl)cc3F)nc(C(=O)C[C@H](C(N)=O)C(C)(C)C)c2C1. The third-order valence-corrected chi connectivity index (χ3v) is 5.86. The molecule has 1 atom stereocenters. The summed E-state index contributed by atoms with van der Waals surface area (Å²) >= 11 is 5.91. The lowest BCUT2D eigenvalue weighted by molar-refractivity contribution is -0.124. The zero-order valence-electron chi connectivity index (χ0n) is 17.8. The van der Waals surface area contributed by atoms with Crippen LogP contribution in [0.15, 0.2) is 18.2 Å². The Labute approximate surface area is 181 Å². The molecular formula is C22H28ClFN4O2. The first kappa shape index (κ1) is 22.4. The number of carbonyl (C=O) groups is 2. The Hall–Kier alpha value is -2.25. The van der Waals surface area contributed by atoms with Crippen LogP contribution >= 0.6 is 11.6 Å². The molecule has 0 unspecified atom stereocenters. The van der Waals surface area contributed by atoms with Crippen molar-refractivity contribution in [3.63, 3.8) is 0 Å². The van der Waals surface area contributed by atoms with E-state index in [0.717, 1.165) is 18.7 Å². The Morgan fingerprint density at radius 2 is 2.00 bits per heavy atom. The number of imidazole rings is 1. The van der Waals surface area contributed by atoms with E-state index in [1.165, 1.54) is 6.07 Å². The third-order valence-electron chi connectivity index (χ3n) is 5.63. The summed E-state index contributed by atoms with van der Waals surface area (Å²) in [7, 11) is 1.97. The molecule has 1 aliphatic heterocycles. The molecule has 0 saturated heterocycles. The van der Waals surface area contributed by atoms with Gasteiger partial charge in [-0.3, -0.25) is 9.59 Å². The summed E-state index contributed by atoms with van der Waals surface area (Å²) in [6, 6.07) is 4.43. The predicted molar refractivity (Wildman–Crippen MR) is 115 cm³/mol. The molecular weight excluding hydrogens is 407 g/mol. The molecule has 2 aromatic rings. The van der Waals surface area contributed by atoms with Gasteiger partial charge in [0.15, 0.2) is 5.78 Å². The molecule has 162 valence electrons. The first-order valence-corrected chi connectivity index (χ1v) is 10.4. The Morgan fingerprint density at radius 1 is 1.30 bits per heavy atom. The summed E-state index contributed by atoms with van der Waals surface area (Å²) in [4.78, 5) is 31.9. The van der Waals surface area contributed by atoms with Crippen molar-refractivity contribution >= 4 is 23.3 Å². The summed E-state index contributed by atoms with van der Waals surface area (Å²) in [6.45, 7) is 7.63. The molecule has 0 bridgehead atoms. The maximum Gasteiger partial charge on any atom is 0.221 e. The number of benzene rings is 1. The van der Waals surface area contributed by atoms with Crippen LogP contribution in [0, 0.1) is 17.2 Å². The van der Waals surface area contributed by atoms with E-state index in [4.69, 9.17) is 17.3 Å². The normalized spacial score (nSPS) is 16.1. The molecule has 1 amide bonds. The van der Waals surface area contributed by atoms with Crippen LogP contribution < -0.4 is 5.73 Å². The van der Waals surface area contributed by atoms with E-state index >= 15 is 0 Å². The van der Waals surface area contributed by atoms with Gasteiger partial charge in [0.2, 0.25) is 5.91 Å². The molecule has 3 rings (SSSR count). The van der Waals surface area contributed by atoms with E-state index in [0.29, 0.717) is 29.5 Å². The molecule has 1 aromatic heterocycles. The lowest BCUT2D eigenvalue weighted by Gasteiger charge is -2.27. The third kappa shape index (κ3) is 4.57. The van der Waals surface area contributed by atoms with Gasteiger partial charge in [-0.15, -0.1) is 0 Å². The molecule has 1 aromatic carbocycles. The minimum Gasteiger partial charge on any atom is -0.369 e. The van der Waals surface area contributed by atoms with Crippen molar-refractivity contribution in [3.8, 4) is 11.4 Å². The minimum absolute atomic E-state index is 0.0326. The zero-order chi connectivity index (χ0) is 22.2. The number of fused-ring (bicyclic) bond motifs is 1. The van der Waals surface area contributed by atoms with Crippen molar-refractivity contribution in [1.29, 1.82) is 0 Å². The van der Waals surface area contributed by atoms with Gasteiger partial charge in [-0.25, -0.2) is 9.37 Å². The minimum atomic E-state index is -0.624. The van der Waals surface area contributed by atoms with Gasteiger partial charge in [-0.2, -0.15) is 0 Å². The van der Waals surface area contributed by atoms with E-state index in [1.54, 1.807) is 12.1 Å². The van der Waals surface area contributed by atoms with Gasteiger partial charge in [0.1, 0.15) is 17.3 Å². The lowest BCUT2D eigenvalue weighted by Crippen LogP contribution is -2.35. The average molecular weight is 435 g/mol. The predicted octanol–water partition coefficient (Wildman–Crippen LogP) is 3.90. The number of hydrogen-bond donors (Lipinski definition) is 1. The molecule has 0 aliphatic carbocycles. The second-order valence-electron chi connectivity index (χ2n) is 9.05. The fraction of sp³-hybridized carbons (Fsp3) is 0.500. The number of carbonyl (C=O) groups excluding carboxylic acids is 2. The first-order valence-electron chi connectivity index (χ1n) is 10.0. The summed E-state index contributed by atoms with van der Waals surface area (Å²) in [5, 5.41) is 0.296. The van der Waals surface area contributed by atoms with Crippen LogP contribution in [-0.4, -0.2) is 39.7 Å². The largest absolute Gasteiger partial charge is 0.369 e. The Kier molecular flexibility index (Phi) is 6.34. The molecule has 2 N–H and O–H groups in total. The number of Topliss-reactive ketones (excluding diaryl/α,β-unsaturated/α-hetero) is 1. The van der Waals surface area contributed by atoms with Crippen LogP contribution in [0.1, 0.15) is 49.8 Å². The van der Waals surface area contributed by atoms with Crippen molar-refractivity contribution in [2.45, 2.75) is 46.7 Å². The number of amides is 1. The van der Waals surface area contributed by atoms with E-state index in [2.05, 4.69) is 9.88 Å². The molecule has 1 aliphatic rings. The van der Waals surface area contributed by atoms with E-state index in [9.17, 15) is 14.0 Å². The number of ketones is 1. The first-order chi connectivity index (χ1) is 14.0. The fourth-order valence-corrected chi connectivity index (χ4v) is 4.10. The zero-order valence-corrected chi connectivity index (χ0v) is 18.6. The highest BCUT2D eigenvalue weighted by Crippen LogP contribution is 2.33. The standard InChI is InChI=1S/C22H28ClFN4O2/c1-22(2,3)15(20(25)30)11-18(29)19-17-12-27(4)8-5-9-28(17)21(26-19)14-7-6-13(23)10-16(14)24/h6-7,10,15H,5,8-9,11-12H2,1-4H3,(H2,25,30)/t15-/m1/s1. The molecule has 0 fully saturated rings. The number of halogens is 2. The molecule has 30 heavy (non-hydrogen) atoms. The summed E-state index contributed by atoms with van der Waals surface area (Å²) in [5.74, 6) is -1.47. The Bertz CT molecular complexity index is 980. The Morgan fingerprint density at radius 3 is 2.60 bits per heavy atom. The highest BCUT2D eigenvalue weighted by Gasteiger charge is 2.34. The number of hydrogen-bond acceptors (Lipinski definition) is 4. The van der Waals surface area contributed by atoms with Gasteiger partial charge >= 0.3 is 0 Å². The summed E-state index contributed by atoms with van der Waals surface area (Å²) in [6.07, 6.45) is 0.816. The van der Waals surface area contributed by atoms with Gasteiger partial charge in [0.05, 0.1) is 11.3 Å². The molecule has 8 heteroatoms. The smallest absolute Gasteiger partial charge is 0.221 e. The summed E-state index contributed by atoms with van der Waals surface area (Å²) in [5.41, 5.74) is 6.44. The number of aromatic nitrogens is 2. The van der Waals surface area contributed by atoms with Crippen molar-refractivity contribution in [3.05, 3.63) is 40.4 Å². The van der Waals surface area contributed by atoms with Crippen molar-refractivity contribution < 1.29 is 14.0 Å². The van der Waals surface area contributed by atoms with Crippen molar-refractivity contribution in [2.24, 2.45) is 17.1 Å². The van der Waals surface area contributed by atoms with Crippen LogP contribution in [0.4, 0.5) is 4.39 Å². The summed E-state index contributed by atoms with van der Waals surface area (Å²) < 4.78 is 16.6. The van der Waals surface area contributed by atoms with Gasteiger partial charge in [-0.1, -0.05) is 32.4 Å². The van der Waals surface area contributed by atoms with Crippen LogP contribution in [0.2, 0.25) is 5.02 Å². The van der Waals surface area contributed by atoms with E-state index in [1.807, 2.05) is 32.4 Å². The second-order valence-corrected chi connectivity index (χ2v) is 9.48. The quantitative estimate of drug-likeness (QED) is 0.723. The molecule has 0 radical (unpaired) electrons. The van der Waals surface area contributed by atoms with Gasteiger partial charge in [-0.05, 0) is 43.6 Å². The maximum absolute atomic E-state index is 14.7. The van der Waals surface area contributed by atoms with E-state index < -0.39 is 23.1 Å². The second kappa shape index (κ2) is 8.47. The topological polar surface area (TPSA) is 81.2 Å². The molecule has 0 saturated carbocycles.